The first kappa shape index (κ1) is 20.6. The van der Waals surface area contributed by atoms with Gasteiger partial charge in [-0.2, -0.15) is 0 Å². The lowest BCUT2D eigenvalue weighted by Crippen LogP contribution is -2.84. The van der Waals surface area contributed by atoms with Crippen LogP contribution in [0.2, 0.25) is 0 Å². The third-order valence-corrected chi connectivity index (χ3v) is 6.17. The number of quaternary nitrogens is 1. The van der Waals surface area contributed by atoms with Crippen LogP contribution in [0.4, 0.5) is 0 Å². The minimum absolute atomic E-state index is 0.201. The van der Waals surface area contributed by atoms with Crippen molar-refractivity contribution in [2.24, 2.45) is 0 Å². The van der Waals surface area contributed by atoms with Crippen molar-refractivity contribution in [2.75, 3.05) is 6.54 Å². The van der Waals surface area contributed by atoms with Crippen LogP contribution in [0.15, 0.2) is 66.0 Å². The van der Waals surface area contributed by atoms with Crippen LogP contribution in [0.5, 0.6) is 5.75 Å². The van der Waals surface area contributed by atoms with Crippen LogP contribution < -0.4 is 10.1 Å². The lowest BCUT2D eigenvalue weighted by molar-refractivity contribution is -0.692. The molecule has 148 valence electrons. The van der Waals surface area contributed by atoms with Gasteiger partial charge in [0.2, 0.25) is 0 Å². The Hall–Kier alpha value is -2.10. The summed E-state index contributed by atoms with van der Waals surface area (Å²) in [6.45, 7) is 9.67. The van der Waals surface area contributed by atoms with E-state index in [9.17, 15) is 0 Å². The van der Waals surface area contributed by atoms with Gasteiger partial charge in [-0.15, -0.1) is 11.3 Å². The summed E-state index contributed by atoms with van der Waals surface area (Å²) in [5.41, 5.74) is 4.05. The maximum absolute atomic E-state index is 5.82. The first-order chi connectivity index (χ1) is 13.5. The Morgan fingerprint density at radius 1 is 0.893 bits per heavy atom. The van der Waals surface area contributed by atoms with Crippen LogP contribution in [0.25, 0.3) is 0 Å². The molecule has 0 radical (unpaired) electrons. The molecular formula is C25H32NOS+. The Morgan fingerprint density at radius 3 is 2.11 bits per heavy atom. The summed E-state index contributed by atoms with van der Waals surface area (Å²) in [5.74, 6) is 1.35. The fourth-order valence-electron chi connectivity index (χ4n) is 3.55. The predicted molar refractivity (Wildman–Crippen MR) is 119 cm³/mol. The van der Waals surface area contributed by atoms with Crippen LogP contribution in [-0.2, 0) is 0 Å². The van der Waals surface area contributed by atoms with E-state index in [-0.39, 0.29) is 6.10 Å². The number of ether oxygens (including phenoxy) is 1. The largest absolute Gasteiger partial charge is 0.491 e. The number of hydrogen-bond donors (Lipinski definition) is 1. The first-order valence-corrected chi connectivity index (χ1v) is 11.1. The summed E-state index contributed by atoms with van der Waals surface area (Å²) in [6, 6.07) is 22.5. The van der Waals surface area contributed by atoms with Crippen molar-refractivity contribution < 1.29 is 10.1 Å². The van der Waals surface area contributed by atoms with E-state index in [1.54, 1.807) is 0 Å². The average Bonchev–Trinajstić information content (AvgIpc) is 3.21. The molecule has 0 bridgehead atoms. The van der Waals surface area contributed by atoms with E-state index >= 15 is 0 Å². The molecule has 1 aromatic heterocycles. The van der Waals surface area contributed by atoms with Gasteiger partial charge in [0.1, 0.15) is 11.8 Å². The van der Waals surface area contributed by atoms with Gasteiger partial charge in [0.05, 0.1) is 17.5 Å². The molecule has 0 amide bonds. The van der Waals surface area contributed by atoms with Crippen LogP contribution in [-0.4, -0.2) is 12.6 Å². The van der Waals surface area contributed by atoms with Gasteiger partial charge in [-0.3, -0.25) is 0 Å². The molecule has 0 aliphatic heterocycles. The molecule has 3 heteroatoms. The van der Waals surface area contributed by atoms with Crippen molar-refractivity contribution in [1.82, 2.24) is 0 Å². The van der Waals surface area contributed by atoms with Crippen LogP contribution in [0.3, 0.4) is 0 Å². The van der Waals surface area contributed by atoms with E-state index in [2.05, 4.69) is 99.1 Å². The lowest BCUT2D eigenvalue weighted by Gasteiger charge is -2.19. The zero-order valence-electron chi connectivity index (χ0n) is 17.4. The summed E-state index contributed by atoms with van der Waals surface area (Å²) < 4.78 is 5.82. The van der Waals surface area contributed by atoms with Crippen molar-refractivity contribution in [1.29, 1.82) is 0 Å². The molecule has 0 fully saturated rings. The second-order valence-corrected chi connectivity index (χ2v) is 8.80. The number of benzene rings is 2. The van der Waals surface area contributed by atoms with Crippen molar-refractivity contribution in [3.8, 4) is 5.75 Å². The van der Waals surface area contributed by atoms with E-state index in [0.717, 1.165) is 18.7 Å². The highest BCUT2D eigenvalue weighted by molar-refractivity contribution is 7.10. The van der Waals surface area contributed by atoms with Gasteiger partial charge in [-0.25, -0.2) is 0 Å². The molecule has 2 nitrogen and oxygen atoms in total. The first-order valence-electron chi connectivity index (χ1n) is 10.2. The van der Waals surface area contributed by atoms with E-state index in [0.29, 0.717) is 12.0 Å². The number of nitrogens with two attached hydrogens (primary N) is 1. The minimum Gasteiger partial charge on any atom is -0.491 e. The Labute approximate surface area is 173 Å². The molecule has 0 aliphatic carbocycles. The van der Waals surface area contributed by atoms with Gasteiger partial charge in [-0.05, 0) is 62.4 Å². The van der Waals surface area contributed by atoms with Crippen molar-refractivity contribution >= 4 is 11.3 Å². The highest BCUT2D eigenvalue weighted by Crippen LogP contribution is 2.29. The molecule has 0 saturated heterocycles. The Kier molecular flexibility index (Phi) is 7.30. The number of hydrogen-bond acceptors (Lipinski definition) is 2. The van der Waals surface area contributed by atoms with E-state index in [1.165, 1.54) is 21.6 Å². The highest BCUT2D eigenvalue weighted by atomic mass is 32.1. The monoisotopic (exact) mass is 394 g/mol. The van der Waals surface area contributed by atoms with Gasteiger partial charge in [-0.1, -0.05) is 48.0 Å². The fraction of sp³-hybridized carbons (Fsp3) is 0.360. The van der Waals surface area contributed by atoms with Crippen molar-refractivity contribution in [3.63, 3.8) is 0 Å². The van der Waals surface area contributed by atoms with Crippen molar-refractivity contribution in [3.05, 3.63) is 87.6 Å². The molecule has 2 N–H and O–H groups in total. The molecule has 28 heavy (non-hydrogen) atoms. The SMILES string of the molecule is Cc1ccc([C@@H](CC[NH2+][C@H](C)c2cccs2)c2ccc(OC(C)C)cc2)cc1. The maximum Gasteiger partial charge on any atom is 0.119 e. The third-order valence-electron chi connectivity index (χ3n) is 5.10. The lowest BCUT2D eigenvalue weighted by atomic mass is 9.88. The van der Waals surface area contributed by atoms with Gasteiger partial charge >= 0.3 is 0 Å². The maximum atomic E-state index is 5.82. The standard InChI is InChI=1S/C25H31NOS/c1-18(2)27-23-13-11-22(12-14-23)24(21-9-7-19(3)8-10-21)15-16-26-20(4)25-6-5-17-28-25/h5-14,17-18,20,24,26H,15-16H2,1-4H3/p+1/t20-,24-/m1/s1. The molecule has 0 unspecified atom stereocenters. The second-order valence-electron chi connectivity index (χ2n) is 7.82. The number of thiophene rings is 1. The van der Waals surface area contributed by atoms with Gasteiger partial charge in [0.25, 0.3) is 0 Å². The van der Waals surface area contributed by atoms with E-state index in [4.69, 9.17) is 4.74 Å². The molecule has 0 aliphatic rings. The molecule has 0 spiro atoms. The molecule has 3 aromatic rings. The molecule has 2 aromatic carbocycles. The molecule has 3 rings (SSSR count). The van der Waals surface area contributed by atoms with E-state index in [1.807, 2.05) is 11.3 Å². The fourth-order valence-corrected chi connectivity index (χ4v) is 4.34. The summed E-state index contributed by atoms with van der Waals surface area (Å²) in [6.07, 6.45) is 1.32. The molecular weight excluding hydrogens is 362 g/mol. The van der Waals surface area contributed by atoms with E-state index < -0.39 is 0 Å². The average molecular weight is 395 g/mol. The normalized spacial score (nSPS) is 13.5. The smallest absolute Gasteiger partial charge is 0.119 e. The van der Waals surface area contributed by atoms with Crippen molar-refractivity contribution in [2.45, 2.75) is 52.2 Å². The van der Waals surface area contributed by atoms with Crippen LogP contribution in [0, 0.1) is 6.92 Å². The van der Waals surface area contributed by atoms with Crippen LogP contribution >= 0.6 is 11.3 Å². The summed E-state index contributed by atoms with van der Waals surface area (Å²) >= 11 is 1.85. The van der Waals surface area contributed by atoms with Crippen LogP contribution in [0.1, 0.15) is 60.7 Å². The zero-order chi connectivity index (χ0) is 19.9. The predicted octanol–water partition coefficient (Wildman–Crippen LogP) is 5.69. The molecule has 0 saturated carbocycles. The second kappa shape index (κ2) is 9.90. The molecule has 2 atom stereocenters. The Balaban J connectivity index is 1.72. The third kappa shape index (κ3) is 5.70. The number of rotatable bonds is 9. The summed E-state index contributed by atoms with van der Waals surface area (Å²) in [5, 5.41) is 4.62. The quantitative estimate of drug-likeness (QED) is 0.496. The van der Waals surface area contributed by atoms with Gasteiger partial charge in [0.15, 0.2) is 0 Å². The Bertz CT molecular complexity index is 822. The zero-order valence-corrected chi connectivity index (χ0v) is 18.2. The highest BCUT2D eigenvalue weighted by Gasteiger charge is 2.17. The Morgan fingerprint density at radius 2 is 1.54 bits per heavy atom. The summed E-state index contributed by atoms with van der Waals surface area (Å²) in [4.78, 5) is 1.45. The van der Waals surface area contributed by atoms with Gasteiger partial charge in [0, 0.05) is 12.3 Å². The molecule has 1 heterocycles. The number of aryl methyl sites for hydroxylation is 1. The summed E-state index contributed by atoms with van der Waals surface area (Å²) in [7, 11) is 0. The topological polar surface area (TPSA) is 25.8 Å². The van der Waals surface area contributed by atoms with Gasteiger partial charge < -0.3 is 10.1 Å². The minimum atomic E-state index is 0.201.